The zero-order valence-corrected chi connectivity index (χ0v) is 14.9. The number of rotatable bonds is 3. The van der Waals surface area contributed by atoms with Gasteiger partial charge in [0.15, 0.2) is 0 Å². The van der Waals surface area contributed by atoms with Crippen LogP contribution in [0, 0.1) is 5.82 Å². The average Bonchev–Trinajstić information content (AvgIpc) is 3.15. The highest BCUT2D eigenvalue weighted by atomic mass is 19.1. The van der Waals surface area contributed by atoms with Crippen LogP contribution in [0.25, 0.3) is 5.69 Å². The van der Waals surface area contributed by atoms with Crippen molar-refractivity contribution < 1.29 is 9.18 Å². The van der Waals surface area contributed by atoms with Gasteiger partial charge in [-0.15, -0.1) is 5.10 Å². The molecule has 27 heavy (non-hydrogen) atoms. The number of fused-ring (bicyclic) bond motifs is 1. The number of aromatic nitrogens is 4. The molecule has 138 valence electrons. The molecule has 2 aromatic carbocycles. The molecule has 0 spiro atoms. The molecule has 1 amide bonds. The van der Waals surface area contributed by atoms with Gasteiger partial charge in [0, 0.05) is 20.1 Å². The molecule has 3 aromatic rings. The molecule has 0 aliphatic carbocycles. The number of anilines is 2. The predicted octanol–water partition coefficient (Wildman–Crippen LogP) is 2.22. The van der Waals surface area contributed by atoms with Crippen molar-refractivity contribution in [3.63, 3.8) is 0 Å². The van der Waals surface area contributed by atoms with E-state index in [0.717, 1.165) is 35.6 Å². The summed E-state index contributed by atoms with van der Waals surface area (Å²) in [6.45, 7) is 1.39. The Bertz CT molecular complexity index is 941. The van der Waals surface area contributed by atoms with Crippen LogP contribution in [0.1, 0.15) is 12.0 Å². The Morgan fingerprint density at radius 1 is 1.11 bits per heavy atom. The summed E-state index contributed by atoms with van der Waals surface area (Å²) in [5.74, 6) is -0.304. The third-order valence-corrected chi connectivity index (χ3v) is 4.72. The molecule has 4 rings (SSSR count). The molecule has 0 bridgehead atoms. The molecule has 0 radical (unpaired) electrons. The lowest BCUT2D eigenvalue weighted by Gasteiger charge is -2.24. The Labute approximate surface area is 156 Å². The molecule has 0 unspecified atom stereocenters. The van der Waals surface area contributed by atoms with E-state index >= 15 is 0 Å². The van der Waals surface area contributed by atoms with E-state index in [1.807, 2.05) is 36.2 Å². The van der Waals surface area contributed by atoms with Crippen LogP contribution >= 0.6 is 0 Å². The molecule has 0 saturated carbocycles. The van der Waals surface area contributed by atoms with Gasteiger partial charge in [0.2, 0.25) is 5.91 Å². The topological polar surface area (TPSA) is 67.2 Å². The van der Waals surface area contributed by atoms with Crippen LogP contribution in [0.15, 0.2) is 48.8 Å². The number of tetrazole rings is 1. The Hall–Kier alpha value is -3.29. The van der Waals surface area contributed by atoms with E-state index in [-0.39, 0.29) is 18.1 Å². The molecule has 0 saturated heterocycles. The van der Waals surface area contributed by atoms with E-state index in [9.17, 15) is 9.18 Å². The van der Waals surface area contributed by atoms with E-state index < -0.39 is 0 Å². The van der Waals surface area contributed by atoms with Crippen LogP contribution in [0.2, 0.25) is 0 Å². The second kappa shape index (κ2) is 7.14. The smallest absolute Gasteiger partial charge is 0.231 e. The Kier molecular flexibility index (Phi) is 4.53. The molecule has 0 atom stereocenters. The van der Waals surface area contributed by atoms with Crippen molar-refractivity contribution in [1.29, 1.82) is 0 Å². The molecule has 8 heteroatoms. The van der Waals surface area contributed by atoms with Gasteiger partial charge in [0.05, 0.1) is 23.5 Å². The molecule has 0 N–H and O–H groups in total. The zero-order valence-electron chi connectivity index (χ0n) is 14.9. The van der Waals surface area contributed by atoms with Crippen LogP contribution in [-0.4, -0.2) is 46.3 Å². The molecule has 0 fully saturated rings. The van der Waals surface area contributed by atoms with Gasteiger partial charge in [-0.05, 0) is 52.7 Å². The number of nitrogens with zero attached hydrogens (tertiary/aromatic N) is 6. The van der Waals surface area contributed by atoms with Crippen molar-refractivity contribution >= 4 is 17.3 Å². The molecular formula is C19H19FN6O. The number of halogens is 1. The van der Waals surface area contributed by atoms with E-state index in [0.29, 0.717) is 6.54 Å². The molecule has 2 heterocycles. The highest BCUT2D eigenvalue weighted by Crippen LogP contribution is 2.32. The van der Waals surface area contributed by atoms with Crippen molar-refractivity contribution in [2.24, 2.45) is 0 Å². The average molecular weight is 366 g/mol. The fourth-order valence-corrected chi connectivity index (χ4v) is 3.31. The summed E-state index contributed by atoms with van der Waals surface area (Å²) in [5.41, 5.74) is 3.23. The largest absolute Gasteiger partial charge is 0.373 e. The van der Waals surface area contributed by atoms with E-state index in [4.69, 9.17) is 0 Å². The fourth-order valence-electron chi connectivity index (χ4n) is 3.31. The third-order valence-electron chi connectivity index (χ3n) is 4.72. The van der Waals surface area contributed by atoms with Crippen molar-refractivity contribution in [2.75, 3.05) is 29.9 Å². The zero-order chi connectivity index (χ0) is 18.8. The van der Waals surface area contributed by atoms with Gasteiger partial charge in [-0.2, -0.15) is 0 Å². The monoisotopic (exact) mass is 366 g/mol. The predicted molar refractivity (Wildman–Crippen MR) is 99.5 cm³/mol. The van der Waals surface area contributed by atoms with E-state index in [1.54, 1.807) is 15.6 Å². The summed E-state index contributed by atoms with van der Waals surface area (Å²) >= 11 is 0. The van der Waals surface area contributed by atoms with Crippen molar-refractivity contribution in [2.45, 2.75) is 12.8 Å². The Morgan fingerprint density at radius 2 is 1.93 bits per heavy atom. The van der Waals surface area contributed by atoms with Gasteiger partial charge in [0.25, 0.3) is 0 Å². The SMILES string of the molecule is CN1CCCN(C(=O)Cc2ccc(-n3cnnn3)cc2)c2ccc(F)cc21. The number of amides is 1. The van der Waals surface area contributed by atoms with Crippen molar-refractivity contribution in [1.82, 2.24) is 20.2 Å². The minimum Gasteiger partial charge on any atom is -0.373 e. The van der Waals surface area contributed by atoms with Crippen LogP contribution in [0.3, 0.4) is 0 Å². The quantitative estimate of drug-likeness (QED) is 0.711. The molecule has 1 aliphatic rings. The van der Waals surface area contributed by atoms with Crippen molar-refractivity contribution in [3.8, 4) is 5.69 Å². The van der Waals surface area contributed by atoms with Crippen LogP contribution in [0.5, 0.6) is 0 Å². The summed E-state index contributed by atoms with van der Waals surface area (Å²) in [5, 5.41) is 11.1. The van der Waals surface area contributed by atoms with Gasteiger partial charge in [0.1, 0.15) is 12.1 Å². The van der Waals surface area contributed by atoms with Gasteiger partial charge in [-0.3, -0.25) is 4.79 Å². The first-order valence-electron chi connectivity index (χ1n) is 8.75. The molecule has 1 aromatic heterocycles. The van der Waals surface area contributed by atoms with Gasteiger partial charge < -0.3 is 9.80 Å². The van der Waals surface area contributed by atoms with E-state index in [2.05, 4.69) is 15.5 Å². The highest BCUT2D eigenvalue weighted by Gasteiger charge is 2.23. The fraction of sp³-hybridized carbons (Fsp3) is 0.263. The van der Waals surface area contributed by atoms with Crippen LogP contribution < -0.4 is 9.80 Å². The van der Waals surface area contributed by atoms with E-state index in [1.165, 1.54) is 18.5 Å². The maximum Gasteiger partial charge on any atom is 0.231 e. The number of hydrogen-bond acceptors (Lipinski definition) is 5. The minimum absolute atomic E-state index is 0.00618. The Morgan fingerprint density at radius 3 is 2.67 bits per heavy atom. The highest BCUT2D eigenvalue weighted by molar-refractivity contribution is 5.98. The Balaban J connectivity index is 1.55. The maximum absolute atomic E-state index is 13.7. The number of carbonyl (C=O) groups excluding carboxylic acids is 1. The summed E-state index contributed by atoms with van der Waals surface area (Å²) in [4.78, 5) is 16.7. The second-order valence-electron chi connectivity index (χ2n) is 6.55. The standard InChI is InChI=1S/C19H19FN6O/c1-24-9-2-10-25(17-8-5-15(20)12-18(17)24)19(27)11-14-3-6-16(7-4-14)26-13-21-22-23-26/h3-8,12-13H,2,9-11H2,1H3. The van der Waals surface area contributed by atoms with Gasteiger partial charge in [-0.1, -0.05) is 12.1 Å². The van der Waals surface area contributed by atoms with Crippen molar-refractivity contribution in [3.05, 3.63) is 60.2 Å². The summed E-state index contributed by atoms with van der Waals surface area (Å²) in [6.07, 6.45) is 2.62. The van der Waals surface area contributed by atoms with Crippen LogP contribution in [0.4, 0.5) is 15.8 Å². The van der Waals surface area contributed by atoms with Crippen LogP contribution in [-0.2, 0) is 11.2 Å². The molecule has 7 nitrogen and oxygen atoms in total. The molecule has 1 aliphatic heterocycles. The summed E-state index contributed by atoms with van der Waals surface area (Å²) in [6, 6.07) is 12.1. The lowest BCUT2D eigenvalue weighted by Crippen LogP contribution is -2.32. The van der Waals surface area contributed by atoms with Gasteiger partial charge >= 0.3 is 0 Å². The first-order chi connectivity index (χ1) is 13.1. The van der Waals surface area contributed by atoms with Gasteiger partial charge in [-0.25, -0.2) is 9.07 Å². The number of benzene rings is 2. The lowest BCUT2D eigenvalue weighted by molar-refractivity contribution is -0.118. The maximum atomic E-state index is 13.7. The first kappa shape index (κ1) is 17.1. The summed E-state index contributed by atoms with van der Waals surface area (Å²) < 4.78 is 15.2. The third kappa shape index (κ3) is 3.51. The summed E-state index contributed by atoms with van der Waals surface area (Å²) in [7, 11) is 1.92. The first-order valence-corrected chi connectivity index (χ1v) is 8.75. The number of carbonyl (C=O) groups is 1. The second-order valence-corrected chi connectivity index (χ2v) is 6.55. The lowest BCUT2D eigenvalue weighted by atomic mass is 10.1. The molecular weight excluding hydrogens is 347 g/mol. The minimum atomic E-state index is -0.298. The normalized spacial score (nSPS) is 14.0. The number of hydrogen-bond donors (Lipinski definition) is 0.